The highest BCUT2D eigenvalue weighted by molar-refractivity contribution is 5.92. The van der Waals surface area contributed by atoms with Crippen LogP contribution in [-0.4, -0.2) is 52.5 Å². The molecule has 0 bridgehead atoms. The highest BCUT2D eigenvalue weighted by Crippen LogP contribution is 2.15. The van der Waals surface area contributed by atoms with E-state index in [4.69, 9.17) is 9.84 Å². The largest absolute Gasteiger partial charge is 0.497 e. The first-order valence-electron chi connectivity index (χ1n) is 6.79. The molecule has 0 saturated heterocycles. The van der Waals surface area contributed by atoms with Crippen molar-refractivity contribution in [3.8, 4) is 11.4 Å². The lowest BCUT2D eigenvalue weighted by atomic mass is 10.3. The van der Waals surface area contributed by atoms with Crippen molar-refractivity contribution >= 4 is 5.91 Å². The summed E-state index contributed by atoms with van der Waals surface area (Å²) in [6.07, 6.45) is 1.74. The molecule has 112 valence electrons. The fourth-order valence-corrected chi connectivity index (χ4v) is 2.00. The summed E-state index contributed by atoms with van der Waals surface area (Å²) < 4.78 is 6.75. The number of carbonyl (C=O) groups is 1. The number of nitrogens with zero attached hydrogens (tertiary/aromatic N) is 3. The minimum absolute atomic E-state index is 0.0568. The highest BCUT2D eigenvalue weighted by atomic mass is 16.5. The third kappa shape index (κ3) is 3.41. The first-order chi connectivity index (χ1) is 10.2. The third-order valence-corrected chi connectivity index (χ3v) is 3.18. The van der Waals surface area contributed by atoms with Gasteiger partial charge in [-0.1, -0.05) is 0 Å². The summed E-state index contributed by atoms with van der Waals surface area (Å²) in [5, 5.41) is 13.3. The molecule has 0 aliphatic carbocycles. The van der Waals surface area contributed by atoms with Crippen molar-refractivity contribution in [2.24, 2.45) is 0 Å². The van der Waals surface area contributed by atoms with Gasteiger partial charge < -0.3 is 14.7 Å². The lowest BCUT2D eigenvalue weighted by molar-refractivity contribution is 0.0725. The lowest BCUT2D eigenvalue weighted by Crippen LogP contribution is -2.33. The zero-order valence-electron chi connectivity index (χ0n) is 12.2. The van der Waals surface area contributed by atoms with Crippen molar-refractivity contribution in [2.75, 3.05) is 26.8 Å². The second-order valence-corrected chi connectivity index (χ2v) is 4.45. The van der Waals surface area contributed by atoms with Crippen LogP contribution in [0.15, 0.2) is 36.5 Å². The molecule has 1 aromatic carbocycles. The van der Waals surface area contributed by atoms with Crippen LogP contribution in [0.5, 0.6) is 5.75 Å². The van der Waals surface area contributed by atoms with Gasteiger partial charge in [0.05, 0.1) is 19.4 Å². The maximum absolute atomic E-state index is 12.2. The van der Waals surface area contributed by atoms with Gasteiger partial charge in [-0.25, -0.2) is 4.68 Å². The lowest BCUT2D eigenvalue weighted by Gasteiger charge is -2.18. The van der Waals surface area contributed by atoms with E-state index in [1.165, 1.54) is 0 Å². The summed E-state index contributed by atoms with van der Waals surface area (Å²) in [6, 6.07) is 9.08. The molecule has 0 saturated carbocycles. The van der Waals surface area contributed by atoms with Gasteiger partial charge in [0.2, 0.25) is 0 Å². The monoisotopic (exact) mass is 289 g/mol. The minimum Gasteiger partial charge on any atom is -0.497 e. The van der Waals surface area contributed by atoms with E-state index < -0.39 is 0 Å². The number of aliphatic hydroxyl groups excluding tert-OH is 1. The Morgan fingerprint density at radius 1 is 1.33 bits per heavy atom. The number of hydrogen-bond acceptors (Lipinski definition) is 4. The first-order valence-corrected chi connectivity index (χ1v) is 6.79. The Morgan fingerprint density at radius 3 is 2.62 bits per heavy atom. The summed E-state index contributed by atoms with van der Waals surface area (Å²) in [4.78, 5) is 13.8. The molecule has 0 spiro atoms. The van der Waals surface area contributed by atoms with Crippen LogP contribution in [0.2, 0.25) is 0 Å². The zero-order valence-corrected chi connectivity index (χ0v) is 12.2. The molecule has 1 N–H and O–H groups in total. The van der Waals surface area contributed by atoms with Crippen LogP contribution in [0.4, 0.5) is 0 Å². The predicted octanol–water partition coefficient (Wildman–Crippen LogP) is 1.34. The van der Waals surface area contributed by atoms with Crippen LogP contribution in [0.25, 0.3) is 5.69 Å². The van der Waals surface area contributed by atoms with Crippen molar-refractivity contribution in [1.29, 1.82) is 0 Å². The van der Waals surface area contributed by atoms with Crippen molar-refractivity contribution in [3.63, 3.8) is 0 Å². The van der Waals surface area contributed by atoms with Gasteiger partial charge >= 0.3 is 0 Å². The smallest absolute Gasteiger partial charge is 0.274 e. The Hall–Kier alpha value is -2.34. The molecule has 2 rings (SSSR count). The molecular formula is C15H19N3O3. The molecule has 1 amide bonds. The van der Waals surface area contributed by atoms with Gasteiger partial charge in [0.15, 0.2) is 5.69 Å². The number of ether oxygens (including phenoxy) is 1. The van der Waals surface area contributed by atoms with Gasteiger partial charge in [-0.2, -0.15) is 5.10 Å². The van der Waals surface area contributed by atoms with Crippen molar-refractivity contribution in [1.82, 2.24) is 14.7 Å². The molecule has 1 heterocycles. The van der Waals surface area contributed by atoms with Crippen LogP contribution in [0, 0.1) is 0 Å². The summed E-state index contributed by atoms with van der Waals surface area (Å²) in [6.45, 7) is 2.66. The first kappa shape index (κ1) is 15.1. The zero-order chi connectivity index (χ0) is 15.2. The molecule has 6 nitrogen and oxygen atoms in total. The predicted molar refractivity (Wildman–Crippen MR) is 78.8 cm³/mol. The molecule has 0 aliphatic heterocycles. The van der Waals surface area contributed by atoms with E-state index in [1.54, 1.807) is 29.0 Å². The maximum Gasteiger partial charge on any atom is 0.274 e. The number of carbonyl (C=O) groups excluding carboxylic acids is 1. The van der Waals surface area contributed by atoms with Gasteiger partial charge in [-0.05, 0) is 37.3 Å². The van der Waals surface area contributed by atoms with Crippen LogP contribution in [0.3, 0.4) is 0 Å². The summed E-state index contributed by atoms with van der Waals surface area (Å²) in [5.41, 5.74) is 1.21. The van der Waals surface area contributed by atoms with Crippen LogP contribution in [0.1, 0.15) is 17.4 Å². The minimum atomic E-state index is -0.182. The van der Waals surface area contributed by atoms with Crippen molar-refractivity contribution < 1.29 is 14.6 Å². The molecular weight excluding hydrogens is 270 g/mol. The molecule has 2 aromatic rings. The van der Waals surface area contributed by atoms with Crippen LogP contribution < -0.4 is 4.74 Å². The Labute approximate surface area is 123 Å². The quantitative estimate of drug-likeness (QED) is 0.871. The summed E-state index contributed by atoms with van der Waals surface area (Å²) in [7, 11) is 1.61. The molecule has 6 heteroatoms. The molecule has 1 aromatic heterocycles. The van der Waals surface area contributed by atoms with Gasteiger partial charge in [0, 0.05) is 19.3 Å². The second kappa shape index (κ2) is 6.90. The van der Waals surface area contributed by atoms with E-state index in [9.17, 15) is 4.79 Å². The SMILES string of the molecule is CCN(CCO)C(=O)c1ccn(-c2ccc(OC)cc2)n1. The average Bonchev–Trinajstić information content (AvgIpc) is 3.02. The number of aliphatic hydroxyl groups is 1. The number of hydrogen-bond donors (Lipinski definition) is 1. The van der Waals surface area contributed by atoms with Gasteiger partial charge in [-0.3, -0.25) is 4.79 Å². The molecule has 0 radical (unpaired) electrons. The van der Waals surface area contributed by atoms with Gasteiger partial charge in [0.25, 0.3) is 5.91 Å². The van der Waals surface area contributed by atoms with Crippen molar-refractivity contribution in [2.45, 2.75) is 6.92 Å². The standard InChI is InChI=1S/C15H19N3O3/c1-3-17(10-11-19)15(20)14-8-9-18(16-14)12-4-6-13(21-2)7-5-12/h4-9,19H,3,10-11H2,1-2H3. The van der Waals surface area contributed by atoms with Gasteiger partial charge in [0.1, 0.15) is 5.75 Å². The van der Waals surface area contributed by atoms with E-state index in [0.29, 0.717) is 18.8 Å². The van der Waals surface area contributed by atoms with E-state index >= 15 is 0 Å². The Kier molecular flexibility index (Phi) is 4.94. The second-order valence-electron chi connectivity index (χ2n) is 4.45. The molecule has 0 fully saturated rings. The number of benzene rings is 1. The number of amides is 1. The number of aromatic nitrogens is 2. The topological polar surface area (TPSA) is 67.6 Å². The Morgan fingerprint density at radius 2 is 2.05 bits per heavy atom. The number of methoxy groups -OCH3 is 1. The Bertz CT molecular complexity index is 592. The normalized spacial score (nSPS) is 10.4. The average molecular weight is 289 g/mol. The fourth-order valence-electron chi connectivity index (χ4n) is 2.00. The molecule has 21 heavy (non-hydrogen) atoms. The van der Waals surface area contributed by atoms with E-state index in [-0.39, 0.29) is 12.5 Å². The highest BCUT2D eigenvalue weighted by Gasteiger charge is 2.16. The van der Waals surface area contributed by atoms with E-state index in [2.05, 4.69) is 5.10 Å². The fraction of sp³-hybridized carbons (Fsp3) is 0.333. The number of likely N-dealkylation sites (N-methyl/N-ethyl adjacent to an activating group) is 1. The summed E-state index contributed by atoms with van der Waals surface area (Å²) >= 11 is 0. The molecule has 0 atom stereocenters. The van der Waals surface area contributed by atoms with Gasteiger partial charge in [-0.15, -0.1) is 0 Å². The van der Waals surface area contributed by atoms with Crippen molar-refractivity contribution in [3.05, 3.63) is 42.2 Å². The van der Waals surface area contributed by atoms with E-state index in [1.807, 2.05) is 31.2 Å². The third-order valence-electron chi connectivity index (χ3n) is 3.18. The van der Waals surface area contributed by atoms with E-state index in [0.717, 1.165) is 11.4 Å². The summed E-state index contributed by atoms with van der Waals surface area (Å²) in [5.74, 6) is 0.584. The Balaban J connectivity index is 2.18. The number of rotatable bonds is 6. The molecule has 0 aliphatic rings. The molecule has 0 unspecified atom stereocenters. The maximum atomic E-state index is 12.2. The van der Waals surface area contributed by atoms with Crippen LogP contribution >= 0.6 is 0 Å². The van der Waals surface area contributed by atoms with Crippen LogP contribution in [-0.2, 0) is 0 Å².